The van der Waals surface area contributed by atoms with Crippen LogP contribution >= 0.6 is 11.3 Å². The van der Waals surface area contributed by atoms with Crippen LogP contribution in [0.1, 0.15) is 53.0 Å². The van der Waals surface area contributed by atoms with Gasteiger partial charge in [-0.1, -0.05) is 11.3 Å². The van der Waals surface area contributed by atoms with E-state index < -0.39 is 5.97 Å². The number of ether oxygens (including phenoxy) is 1. The van der Waals surface area contributed by atoms with Gasteiger partial charge >= 0.3 is 5.97 Å². The molecule has 2 heterocycles. The molecule has 3 rings (SSSR count). The first-order valence-electron chi connectivity index (χ1n) is 6.37. The Balaban J connectivity index is 1.99. The van der Waals surface area contributed by atoms with Gasteiger partial charge in [0.1, 0.15) is 4.88 Å². The highest BCUT2D eigenvalue weighted by Crippen LogP contribution is 2.38. The molecule has 7 nitrogen and oxygen atoms in total. The number of thiazole rings is 1. The highest BCUT2D eigenvalue weighted by molar-refractivity contribution is 7.15. The molecular formula is C12H15N5O2S. The molecule has 0 bridgehead atoms. The molecule has 0 spiro atoms. The summed E-state index contributed by atoms with van der Waals surface area (Å²) >= 11 is 1.21. The SMILES string of the molecule is COC(=O)c1cnc(-n2nc(C3CC3)nc2[C@H](C)N)s1. The maximum atomic E-state index is 11.5. The van der Waals surface area contributed by atoms with Gasteiger partial charge in [-0.25, -0.2) is 14.8 Å². The van der Waals surface area contributed by atoms with Crippen molar-refractivity contribution < 1.29 is 9.53 Å². The summed E-state index contributed by atoms with van der Waals surface area (Å²) in [4.78, 5) is 20.6. The number of nitrogens with zero attached hydrogens (tertiary/aromatic N) is 4. The molecule has 2 aromatic rings. The number of methoxy groups -OCH3 is 1. The molecule has 0 radical (unpaired) electrons. The normalized spacial score (nSPS) is 16.1. The molecule has 1 atom stereocenters. The molecule has 1 aliphatic rings. The Kier molecular flexibility index (Phi) is 3.27. The van der Waals surface area contributed by atoms with Crippen LogP contribution in [0, 0.1) is 0 Å². The second-order valence-electron chi connectivity index (χ2n) is 4.80. The molecule has 106 valence electrons. The molecule has 1 fully saturated rings. The highest BCUT2D eigenvalue weighted by Gasteiger charge is 2.30. The number of aromatic nitrogens is 4. The van der Waals surface area contributed by atoms with Gasteiger partial charge in [-0.05, 0) is 19.8 Å². The van der Waals surface area contributed by atoms with E-state index in [0.29, 0.717) is 21.8 Å². The van der Waals surface area contributed by atoms with E-state index in [1.54, 1.807) is 4.68 Å². The number of rotatable bonds is 4. The third-order valence-electron chi connectivity index (χ3n) is 3.06. The minimum Gasteiger partial charge on any atom is -0.465 e. The number of carbonyl (C=O) groups is 1. The Morgan fingerprint density at radius 2 is 2.35 bits per heavy atom. The zero-order valence-corrected chi connectivity index (χ0v) is 12.1. The van der Waals surface area contributed by atoms with E-state index in [2.05, 4.69) is 19.8 Å². The molecule has 20 heavy (non-hydrogen) atoms. The van der Waals surface area contributed by atoms with Crippen LogP contribution in [-0.4, -0.2) is 32.8 Å². The minimum absolute atomic E-state index is 0.250. The van der Waals surface area contributed by atoms with Gasteiger partial charge in [0.15, 0.2) is 11.6 Å². The van der Waals surface area contributed by atoms with Crippen LogP contribution in [0.4, 0.5) is 0 Å². The Hall–Kier alpha value is -1.80. The quantitative estimate of drug-likeness (QED) is 0.856. The summed E-state index contributed by atoms with van der Waals surface area (Å²) in [5.74, 6) is 1.51. The van der Waals surface area contributed by atoms with E-state index in [1.807, 2.05) is 6.92 Å². The van der Waals surface area contributed by atoms with Crippen molar-refractivity contribution in [1.29, 1.82) is 0 Å². The van der Waals surface area contributed by atoms with Crippen LogP contribution in [0.2, 0.25) is 0 Å². The topological polar surface area (TPSA) is 95.9 Å². The zero-order valence-electron chi connectivity index (χ0n) is 11.2. The molecular weight excluding hydrogens is 278 g/mol. The van der Waals surface area contributed by atoms with Gasteiger partial charge in [-0.15, -0.1) is 5.10 Å². The van der Waals surface area contributed by atoms with Crippen molar-refractivity contribution in [3.8, 4) is 5.13 Å². The van der Waals surface area contributed by atoms with Crippen molar-refractivity contribution >= 4 is 17.3 Å². The number of hydrogen-bond acceptors (Lipinski definition) is 7. The van der Waals surface area contributed by atoms with Crippen LogP contribution in [0.5, 0.6) is 0 Å². The maximum Gasteiger partial charge on any atom is 0.349 e. The summed E-state index contributed by atoms with van der Waals surface area (Å²) in [7, 11) is 1.34. The molecule has 8 heteroatoms. The molecule has 0 amide bonds. The van der Waals surface area contributed by atoms with E-state index in [4.69, 9.17) is 5.73 Å². The third kappa shape index (κ3) is 2.32. The van der Waals surface area contributed by atoms with E-state index in [9.17, 15) is 4.79 Å². The first-order valence-corrected chi connectivity index (χ1v) is 7.18. The summed E-state index contributed by atoms with van der Waals surface area (Å²) in [6.45, 7) is 1.85. The molecule has 0 aromatic carbocycles. The van der Waals surface area contributed by atoms with Gasteiger partial charge in [-0.3, -0.25) is 0 Å². The number of esters is 1. The lowest BCUT2D eigenvalue weighted by molar-refractivity contribution is 0.0606. The largest absolute Gasteiger partial charge is 0.465 e. The van der Waals surface area contributed by atoms with Gasteiger partial charge in [0.2, 0.25) is 5.13 Å². The summed E-state index contributed by atoms with van der Waals surface area (Å²) in [6.07, 6.45) is 3.72. The Labute approximate surface area is 119 Å². The van der Waals surface area contributed by atoms with Crippen molar-refractivity contribution in [2.24, 2.45) is 5.73 Å². The summed E-state index contributed by atoms with van der Waals surface area (Å²) in [6, 6.07) is -0.250. The van der Waals surface area contributed by atoms with E-state index >= 15 is 0 Å². The van der Waals surface area contributed by atoms with Crippen molar-refractivity contribution in [3.05, 3.63) is 22.7 Å². The van der Waals surface area contributed by atoms with Gasteiger partial charge in [0, 0.05) is 5.92 Å². The molecule has 0 aliphatic heterocycles. The maximum absolute atomic E-state index is 11.5. The third-order valence-corrected chi connectivity index (χ3v) is 4.01. The Bertz CT molecular complexity index is 644. The molecule has 2 aromatic heterocycles. The van der Waals surface area contributed by atoms with Gasteiger partial charge in [0.05, 0.1) is 19.3 Å². The number of hydrogen-bond donors (Lipinski definition) is 1. The number of nitrogens with two attached hydrogens (primary N) is 1. The Morgan fingerprint density at radius 1 is 1.60 bits per heavy atom. The van der Waals surface area contributed by atoms with Gasteiger partial charge in [0.25, 0.3) is 0 Å². The van der Waals surface area contributed by atoms with Crippen molar-refractivity contribution in [2.75, 3.05) is 7.11 Å². The van der Waals surface area contributed by atoms with E-state index in [-0.39, 0.29) is 6.04 Å². The van der Waals surface area contributed by atoms with Crippen molar-refractivity contribution in [2.45, 2.75) is 31.7 Å². The standard InChI is InChI=1S/C12H15N5O2S/c1-6(13)10-15-9(7-3-4-7)16-17(10)12-14-5-8(20-12)11(18)19-2/h5-7H,3-4,13H2,1-2H3/t6-/m0/s1. The van der Waals surface area contributed by atoms with Gasteiger partial charge < -0.3 is 10.5 Å². The fourth-order valence-electron chi connectivity index (χ4n) is 1.85. The van der Waals surface area contributed by atoms with Crippen molar-refractivity contribution in [3.63, 3.8) is 0 Å². The average molecular weight is 293 g/mol. The first-order chi connectivity index (χ1) is 9.60. The average Bonchev–Trinajstić information content (AvgIpc) is 3.01. The van der Waals surface area contributed by atoms with E-state index in [1.165, 1.54) is 24.6 Å². The fourth-order valence-corrected chi connectivity index (χ4v) is 2.64. The summed E-state index contributed by atoms with van der Waals surface area (Å²) < 4.78 is 6.31. The highest BCUT2D eigenvalue weighted by atomic mass is 32.1. The van der Waals surface area contributed by atoms with Crippen LogP contribution in [0.15, 0.2) is 6.20 Å². The predicted molar refractivity (Wildman–Crippen MR) is 72.9 cm³/mol. The van der Waals surface area contributed by atoms with Crippen LogP contribution in [-0.2, 0) is 4.74 Å². The Morgan fingerprint density at radius 3 is 2.95 bits per heavy atom. The summed E-state index contributed by atoms with van der Waals surface area (Å²) in [5, 5.41) is 5.06. The van der Waals surface area contributed by atoms with Crippen LogP contribution < -0.4 is 5.73 Å². The molecule has 2 N–H and O–H groups in total. The summed E-state index contributed by atoms with van der Waals surface area (Å²) in [5.41, 5.74) is 5.94. The van der Waals surface area contributed by atoms with Crippen molar-refractivity contribution in [1.82, 2.24) is 19.7 Å². The van der Waals surface area contributed by atoms with Gasteiger partial charge in [-0.2, -0.15) is 4.68 Å². The number of carbonyl (C=O) groups excluding carboxylic acids is 1. The van der Waals surface area contributed by atoms with E-state index in [0.717, 1.165) is 18.7 Å². The lowest BCUT2D eigenvalue weighted by atomic mass is 10.3. The fraction of sp³-hybridized carbons (Fsp3) is 0.500. The van der Waals surface area contributed by atoms with Crippen LogP contribution in [0.25, 0.3) is 5.13 Å². The smallest absolute Gasteiger partial charge is 0.349 e. The lowest BCUT2D eigenvalue weighted by Crippen LogP contribution is -2.13. The van der Waals surface area contributed by atoms with Crippen LogP contribution in [0.3, 0.4) is 0 Å². The second-order valence-corrected chi connectivity index (χ2v) is 5.81. The predicted octanol–water partition coefficient (Wildman–Crippen LogP) is 1.41. The zero-order chi connectivity index (χ0) is 14.3. The molecule has 0 saturated heterocycles. The second kappa shape index (κ2) is 4.95. The molecule has 1 aliphatic carbocycles. The minimum atomic E-state index is -0.404. The molecule has 1 saturated carbocycles. The first kappa shape index (κ1) is 13.2. The lowest BCUT2D eigenvalue weighted by Gasteiger charge is -2.04. The monoisotopic (exact) mass is 293 g/mol. The molecule has 0 unspecified atom stereocenters.